The number of hydrogen-bond donors (Lipinski definition) is 1. The predicted molar refractivity (Wildman–Crippen MR) is 93.1 cm³/mol. The number of benzene rings is 2. The number of nitrogens with one attached hydrogen (secondary N) is 1. The van der Waals surface area contributed by atoms with Gasteiger partial charge in [0.25, 0.3) is 0 Å². The second kappa shape index (κ2) is 8.08. The highest BCUT2D eigenvalue weighted by atomic mass is 79.9. The number of aryl methyl sites for hydroxylation is 1. The summed E-state index contributed by atoms with van der Waals surface area (Å²) in [7, 11) is 0. The molecule has 0 saturated carbocycles. The molecule has 0 aliphatic rings. The van der Waals surface area contributed by atoms with Gasteiger partial charge in [-0.05, 0) is 58.1 Å². The summed E-state index contributed by atoms with van der Waals surface area (Å²) in [5.74, 6) is 0.912. The van der Waals surface area contributed by atoms with E-state index < -0.39 is 0 Å². The van der Waals surface area contributed by atoms with Crippen LogP contribution < -0.4 is 10.1 Å². The zero-order valence-electron chi connectivity index (χ0n) is 12.7. The van der Waals surface area contributed by atoms with E-state index in [1.165, 1.54) is 16.8 Å². The topological polar surface area (TPSA) is 21.3 Å². The molecule has 2 aromatic rings. The van der Waals surface area contributed by atoms with E-state index in [0.717, 1.165) is 36.2 Å². The predicted octanol–water partition coefficient (Wildman–Crippen LogP) is 5.41. The first-order chi connectivity index (χ1) is 10.2. The lowest BCUT2D eigenvalue weighted by molar-refractivity contribution is 0.315. The summed E-state index contributed by atoms with van der Waals surface area (Å²) in [6.45, 7) is 5.85. The Labute approximate surface area is 135 Å². The SMILES string of the molecule is CCCOc1ccc(CNc2ccccc2CC)cc1Br. The smallest absolute Gasteiger partial charge is 0.133 e. The zero-order chi connectivity index (χ0) is 15.1. The molecule has 0 aromatic heterocycles. The standard InChI is InChI=1S/C18H22BrNO/c1-3-11-21-18-10-9-14(12-16(18)19)13-20-17-8-6-5-7-15(17)4-2/h5-10,12,20H,3-4,11,13H2,1-2H3. The summed E-state index contributed by atoms with van der Waals surface area (Å²) < 4.78 is 6.69. The van der Waals surface area contributed by atoms with Gasteiger partial charge in [-0.25, -0.2) is 0 Å². The third-order valence-electron chi connectivity index (χ3n) is 3.34. The van der Waals surface area contributed by atoms with Gasteiger partial charge < -0.3 is 10.1 Å². The van der Waals surface area contributed by atoms with E-state index in [0.29, 0.717) is 0 Å². The van der Waals surface area contributed by atoms with Gasteiger partial charge in [-0.2, -0.15) is 0 Å². The van der Waals surface area contributed by atoms with Crippen molar-refractivity contribution in [2.24, 2.45) is 0 Å². The lowest BCUT2D eigenvalue weighted by Gasteiger charge is -2.12. The van der Waals surface area contributed by atoms with Crippen molar-refractivity contribution < 1.29 is 4.74 Å². The summed E-state index contributed by atoms with van der Waals surface area (Å²) in [5.41, 5.74) is 3.79. The van der Waals surface area contributed by atoms with E-state index >= 15 is 0 Å². The highest BCUT2D eigenvalue weighted by molar-refractivity contribution is 9.10. The van der Waals surface area contributed by atoms with Crippen LogP contribution in [0.5, 0.6) is 5.75 Å². The molecule has 3 heteroatoms. The molecule has 0 unspecified atom stereocenters. The van der Waals surface area contributed by atoms with Gasteiger partial charge in [0.2, 0.25) is 0 Å². The van der Waals surface area contributed by atoms with Crippen molar-refractivity contribution in [3.8, 4) is 5.75 Å². The first-order valence-electron chi connectivity index (χ1n) is 7.47. The molecule has 0 heterocycles. The van der Waals surface area contributed by atoms with Crippen molar-refractivity contribution in [1.29, 1.82) is 0 Å². The van der Waals surface area contributed by atoms with Gasteiger partial charge in [0, 0.05) is 12.2 Å². The number of hydrogen-bond acceptors (Lipinski definition) is 2. The van der Waals surface area contributed by atoms with Gasteiger partial charge in [0.15, 0.2) is 0 Å². The number of anilines is 1. The van der Waals surface area contributed by atoms with Crippen LogP contribution in [-0.4, -0.2) is 6.61 Å². The van der Waals surface area contributed by atoms with Gasteiger partial charge in [-0.3, -0.25) is 0 Å². The van der Waals surface area contributed by atoms with Gasteiger partial charge >= 0.3 is 0 Å². The number of ether oxygens (including phenoxy) is 1. The minimum atomic E-state index is 0.750. The molecule has 0 fully saturated rings. The Hall–Kier alpha value is -1.48. The quantitative estimate of drug-likeness (QED) is 0.722. The van der Waals surface area contributed by atoms with Crippen molar-refractivity contribution in [2.75, 3.05) is 11.9 Å². The van der Waals surface area contributed by atoms with Crippen LogP contribution in [0.1, 0.15) is 31.4 Å². The molecular formula is C18H22BrNO. The normalized spacial score (nSPS) is 10.4. The molecular weight excluding hydrogens is 326 g/mol. The summed E-state index contributed by atoms with van der Waals surface area (Å²) in [6.07, 6.45) is 2.06. The zero-order valence-corrected chi connectivity index (χ0v) is 14.2. The average molecular weight is 348 g/mol. The maximum absolute atomic E-state index is 5.67. The summed E-state index contributed by atoms with van der Waals surface area (Å²) in [5, 5.41) is 3.51. The van der Waals surface area contributed by atoms with Crippen molar-refractivity contribution in [3.05, 3.63) is 58.1 Å². The average Bonchev–Trinajstić information content (AvgIpc) is 2.52. The van der Waals surface area contributed by atoms with E-state index in [1.54, 1.807) is 0 Å². The number of rotatable bonds is 7. The number of halogens is 1. The molecule has 0 saturated heterocycles. The van der Waals surface area contributed by atoms with E-state index in [2.05, 4.69) is 71.5 Å². The van der Waals surface area contributed by atoms with Crippen LogP contribution in [-0.2, 0) is 13.0 Å². The molecule has 2 rings (SSSR count). The van der Waals surface area contributed by atoms with Crippen molar-refractivity contribution in [2.45, 2.75) is 33.2 Å². The first-order valence-corrected chi connectivity index (χ1v) is 8.27. The Bertz CT molecular complexity index is 583. The molecule has 2 nitrogen and oxygen atoms in total. The van der Waals surface area contributed by atoms with Crippen molar-refractivity contribution >= 4 is 21.6 Å². The van der Waals surface area contributed by atoms with Crippen LogP contribution in [0.25, 0.3) is 0 Å². The molecule has 0 bridgehead atoms. The molecule has 0 radical (unpaired) electrons. The maximum Gasteiger partial charge on any atom is 0.133 e. The van der Waals surface area contributed by atoms with E-state index in [-0.39, 0.29) is 0 Å². The largest absolute Gasteiger partial charge is 0.492 e. The minimum absolute atomic E-state index is 0.750. The highest BCUT2D eigenvalue weighted by Gasteiger charge is 2.04. The van der Waals surface area contributed by atoms with Crippen LogP contribution in [0.3, 0.4) is 0 Å². The van der Waals surface area contributed by atoms with Gasteiger partial charge in [0.1, 0.15) is 5.75 Å². The Kier molecular flexibility index (Phi) is 6.12. The van der Waals surface area contributed by atoms with Gasteiger partial charge in [0.05, 0.1) is 11.1 Å². The number of para-hydroxylation sites is 1. The van der Waals surface area contributed by atoms with Crippen LogP contribution in [0.4, 0.5) is 5.69 Å². The first kappa shape index (κ1) is 15.9. The molecule has 1 N–H and O–H groups in total. The summed E-state index contributed by atoms with van der Waals surface area (Å²) in [6, 6.07) is 14.7. The minimum Gasteiger partial charge on any atom is -0.492 e. The highest BCUT2D eigenvalue weighted by Crippen LogP contribution is 2.26. The Morgan fingerprint density at radius 1 is 1.10 bits per heavy atom. The second-order valence-electron chi connectivity index (χ2n) is 4.98. The summed E-state index contributed by atoms with van der Waals surface area (Å²) in [4.78, 5) is 0. The third kappa shape index (κ3) is 4.50. The van der Waals surface area contributed by atoms with E-state index in [4.69, 9.17) is 4.74 Å². The van der Waals surface area contributed by atoms with Crippen molar-refractivity contribution in [3.63, 3.8) is 0 Å². The lowest BCUT2D eigenvalue weighted by Crippen LogP contribution is -2.02. The monoisotopic (exact) mass is 347 g/mol. The van der Waals surface area contributed by atoms with E-state index in [1.807, 2.05) is 6.07 Å². The Balaban J connectivity index is 2.02. The molecule has 0 aliphatic carbocycles. The molecule has 0 atom stereocenters. The molecule has 2 aromatic carbocycles. The van der Waals surface area contributed by atoms with Gasteiger partial charge in [-0.15, -0.1) is 0 Å². The van der Waals surface area contributed by atoms with Gasteiger partial charge in [-0.1, -0.05) is 38.1 Å². The fourth-order valence-corrected chi connectivity index (χ4v) is 2.72. The molecule has 0 amide bonds. The molecule has 21 heavy (non-hydrogen) atoms. The van der Waals surface area contributed by atoms with Crippen LogP contribution in [0.15, 0.2) is 46.9 Å². The maximum atomic E-state index is 5.67. The third-order valence-corrected chi connectivity index (χ3v) is 3.96. The fraction of sp³-hybridized carbons (Fsp3) is 0.333. The fourth-order valence-electron chi connectivity index (χ4n) is 2.18. The van der Waals surface area contributed by atoms with Crippen molar-refractivity contribution in [1.82, 2.24) is 0 Å². The van der Waals surface area contributed by atoms with Crippen LogP contribution in [0.2, 0.25) is 0 Å². The molecule has 112 valence electrons. The second-order valence-corrected chi connectivity index (χ2v) is 5.83. The molecule has 0 aliphatic heterocycles. The van der Waals surface area contributed by atoms with Crippen LogP contribution >= 0.6 is 15.9 Å². The van der Waals surface area contributed by atoms with E-state index in [9.17, 15) is 0 Å². The Morgan fingerprint density at radius 3 is 2.62 bits per heavy atom. The Morgan fingerprint density at radius 2 is 1.90 bits per heavy atom. The molecule has 0 spiro atoms. The van der Waals surface area contributed by atoms with Crippen LogP contribution in [0, 0.1) is 0 Å². The lowest BCUT2D eigenvalue weighted by atomic mass is 10.1. The summed E-state index contributed by atoms with van der Waals surface area (Å²) >= 11 is 3.58.